The minimum atomic E-state index is 0.128. The summed E-state index contributed by atoms with van der Waals surface area (Å²) in [6.07, 6.45) is 3.75. The summed E-state index contributed by atoms with van der Waals surface area (Å²) in [6, 6.07) is 33.0. The topological polar surface area (TPSA) is 62.0 Å². The highest BCUT2D eigenvalue weighted by atomic mass is 16.6. The van der Waals surface area contributed by atoms with Crippen molar-refractivity contribution < 1.29 is 28.4 Å². The van der Waals surface area contributed by atoms with E-state index < -0.39 is 0 Å². The van der Waals surface area contributed by atoms with Crippen molar-refractivity contribution in [3.63, 3.8) is 0 Å². The number of epoxide rings is 2. The molecule has 0 bridgehead atoms. The summed E-state index contributed by atoms with van der Waals surface area (Å²) >= 11 is 0. The maximum atomic E-state index is 6.19. The molecule has 4 aromatic rings. The van der Waals surface area contributed by atoms with Gasteiger partial charge in [-0.3, -0.25) is 0 Å². The number of ether oxygens (including phenoxy) is 6. The van der Waals surface area contributed by atoms with Gasteiger partial charge in [0.15, 0.2) is 0 Å². The molecule has 4 aromatic carbocycles. The van der Waals surface area contributed by atoms with Gasteiger partial charge in [0.25, 0.3) is 0 Å². The Bertz CT molecular complexity index is 1300. The molecule has 6 nitrogen and oxygen atoms in total. The van der Waals surface area contributed by atoms with Gasteiger partial charge in [0.2, 0.25) is 0 Å². The Kier molecular flexibility index (Phi) is 9.46. The SMILES string of the molecule is CC(CCCC(C)Oc1ccc(-c2ccc(OCC3CO3)cc2)cc1)Oc1ccc(-c2ccc(OCC3CO3)cc2)cc1. The van der Waals surface area contributed by atoms with Gasteiger partial charge in [-0.1, -0.05) is 48.5 Å². The third kappa shape index (κ3) is 8.99. The largest absolute Gasteiger partial charge is 0.491 e. The van der Waals surface area contributed by atoms with Crippen LogP contribution in [0.2, 0.25) is 0 Å². The molecule has 2 fully saturated rings. The molecule has 0 N–H and O–H groups in total. The van der Waals surface area contributed by atoms with Crippen molar-refractivity contribution >= 4 is 0 Å². The highest BCUT2D eigenvalue weighted by molar-refractivity contribution is 5.65. The Balaban J connectivity index is 0.893. The smallest absolute Gasteiger partial charge is 0.119 e. The van der Waals surface area contributed by atoms with Crippen LogP contribution in [-0.4, -0.2) is 50.8 Å². The third-order valence-electron chi connectivity index (χ3n) is 7.66. The molecule has 0 radical (unpaired) electrons. The summed E-state index contributed by atoms with van der Waals surface area (Å²) in [5.41, 5.74) is 4.60. The predicted molar refractivity (Wildman–Crippen MR) is 168 cm³/mol. The van der Waals surface area contributed by atoms with Crippen molar-refractivity contribution in [2.45, 2.75) is 57.5 Å². The van der Waals surface area contributed by atoms with Crippen LogP contribution >= 0.6 is 0 Å². The molecule has 6 rings (SSSR count). The molecule has 2 saturated heterocycles. The van der Waals surface area contributed by atoms with Crippen molar-refractivity contribution in [1.29, 1.82) is 0 Å². The second-order valence-corrected chi connectivity index (χ2v) is 11.4. The first kappa shape index (κ1) is 29.1. The molecule has 6 heteroatoms. The van der Waals surface area contributed by atoms with Crippen LogP contribution in [0.5, 0.6) is 23.0 Å². The zero-order chi connectivity index (χ0) is 29.4. The fourth-order valence-electron chi connectivity index (χ4n) is 4.92. The summed E-state index contributed by atoms with van der Waals surface area (Å²) in [6.45, 7) is 7.11. The van der Waals surface area contributed by atoms with E-state index in [-0.39, 0.29) is 24.4 Å². The number of hydrogen-bond acceptors (Lipinski definition) is 6. The van der Waals surface area contributed by atoms with Gasteiger partial charge in [-0.05, 0) is 104 Å². The van der Waals surface area contributed by atoms with Gasteiger partial charge < -0.3 is 28.4 Å². The van der Waals surface area contributed by atoms with Crippen LogP contribution < -0.4 is 18.9 Å². The maximum absolute atomic E-state index is 6.19. The van der Waals surface area contributed by atoms with E-state index in [1.54, 1.807) is 0 Å². The van der Waals surface area contributed by atoms with Crippen LogP contribution in [0.3, 0.4) is 0 Å². The Morgan fingerprint density at radius 3 is 1.12 bits per heavy atom. The third-order valence-corrected chi connectivity index (χ3v) is 7.66. The van der Waals surface area contributed by atoms with Crippen molar-refractivity contribution in [3.05, 3.63) is 97.1 Å². The van der Waals surface area contributed by atoms with Gasteiger partial charge >= 0.3 is 0 Å². The highest BCUT2D eigenvalue weighted by Crippen LogP contribution is 2.28. The summed E-state index contributed by atoms with van der Waals surface area (Å²) in [5.74, 6) is 3.52. The first-order valence-corrected chi connectivity index (χ1v) is 15.3. The minimum absolute atomic E-state index is 0.128. The van der Waals surface area contributed by atoms with E-state index in [9.17, 15) is 0 Å². The average Bonchev–Trinajstić information content (AvgIpc) is 3.97. The summed E-state index contributed by atoms with van der Waals surface area (Å²) in [4.78, 5) is 0. The van der Waals surface area contributed by atoms with Crippen LogP contribution in [0.25, 0.3) is 22.3 Å². The van der Waals surface area contributed by atoms with Gasteiger partial charge in [-0.2, -0.15) is 0 Å². The molecular weight excluding hydrogens is 540 g/mol. The molecule has 2 aliphatic rings. The number of hydrogen-bond donors (Lipinski definition) is 0. The van der Waals surface area contributed by atoms with Crippen LogP contribution in [-0.2, 0) is 9.47 Å². The molecule has 224 valence electrons. The molecule has 2 aliphatic heterocycles. The molecule has 43 heavy (non-hydrogen) atoms. The van der Waals surface area contributed by atoms with Crippen molar-refractivity contribution in [3.8, 4) is 45.3 Å². The van der Waals surface area contributed by atoms with Crippen LogP contribution in [0.1, 0.15) is 33.1 Å². The molecule has 4 atom stereocenters. The van der Waals surface area contributed by atoms with E-state index in [1.165, 1.54) is 0 Å². The van der Waals surface area contributed by atoms with Gasteiger partial charge in [-0.25, -0.2) is 0 Å². The van der Waals surface area contributed by atoms with Crippen molar-refractivity contribution in [2.75, 3.05) is 26.4 Å². The lowest BCUT2D eigenvalue weighted by Gasteiger charge is -2.18. The van der Waals surface area contributed by atoms with Crippen LogP contribution in [0.15, 0.2) is 97.1 Å². The van der Waals surface area contributed by atoms with Crippen LogP contribution in [0.4, 0.5) is 0 Å². The van der Waals surface area contributed by atoms with Crippen molar-refractivity contribution in [2.24, 2.45) is 0 Å². The predicted octanol–water partition coefficient (Wildman–Crippen LogP) is 7.98. The molecule has 0 aromatic heterocycles. The lowest BCUT2D eigenvalue weighted by molar-refractivity contribution is 0.179. The summed E-state index contributed by atoms with van der Waals surface area (Å²) < 4.78 is 34.2. The molecule has 2 heterocycles. The second-order valence-electron chi connectivity index (χ2n) is 11.4. The normalized spacial score (nSPS) is 18.4. The van der Waals surface area contributed by atoms with Crippen molar-refractivity contribution in [1.82, 2.24) is 0 Å². The summed E-state index contributed by atoms with van der Waals surface area (Å²) in [5, 5.41) is 0. The standard InChI is InChI=1S/C37H40O6/c1-26(42-34-18-10-30(11-19-34)28-6-14-32(15-7-28)38-22-36-24-40-36)4-3-5-27(2)43-35-20-12-31(13-21-35)29-8-16-33(17-9-29)39-23-37-25-41-37/h6-21,26-27,36-37H,3-5,22-25H2,1-2H3. The van der Waals surface area contributed by atoms with Gasteiger partial charge in [0.05, 0.1) is 25.4 Å². The Morgan fingerprint density at radius 2 is 0.814 bits per heavy atom. The number of rotatable bonds is 16. The molecule has 0 spiro atoms. The fraction of sp³-hybridized carbons (Fsp3) is 0.351. The average molecular weight is 581 g/mol. The fourth-order valence-corrected chi connectivity index (χ4v) is 4.92. The lowest BCUT2D eigenvalue weighted by atomic mass is 10.1. The number of benzene rings is 4. The monoisotopic (exact) mass is 580 g/mol. The molecule has 0 saturated carbocycles. The zero-order valence-electron chi connectivity index (χ0n) is 24.9. The van der Waals surface area contributed by atoms with Gasteiger partial charge in [0, 0.05) is 0 Å². The maximum Gasteiger partial charge on any atom is 0.119 e. The van der Waals surface area contributed by atoms with E-state index in [4.69, 9.17) is 28.4 Å². The zero-order valence-corrected chi connectivity index (χ0v) is 24.9. The van der Waals surface area contributed by atoms with E-state index in [1.807, 2.05) is 48.5 Å². The van der Waals surface area contributed by atoms with E-state index in [2.05, 4.69) is 62.4 Å². The van der Waals surface area contributed by atoms with E-state index >= 15 is 0 Å². The van der Waals surface area contributed by atoms with Gasteiger partial charge in [-0.15, -0.1) is 0 Å². The minimum Gasteiger partial charge on any atom is -0.491 e. The van der Waals surface area contributed by atoms with E-state index in [0.29, 0.717) is 13.2 Å². The van der Waals surface area contributed by atoms with Crippen LogP contribution in [0, 0.1) is 0 Å². The second kappa shape index (κ2) is 14.0. The Hall–Kier alpha value is -4.00. The molecule has 4 unspecified atom stereocenters. The Morgan fingerprint density at radius 1 is 0.512 bits per heavy atom. The molecular formula is C37H40O6. The van der Waals surface area contributed by atoms with Gasteiger partial charge in [0.1, 0.15) is 48.4 Å². The lowest BCUT2D eigenvalue weighted by Crippen LogP contribution is -2.15. The molecule has 0 amide bonds. The Labute approximate surface area is 254 Å². The summed E-state index contributed by atoms with van der Waals surface area (Å²) in [7, 11) is 0. The first-order valence-electron chi connectivity index (χ1n) is 15.3. The highest BCUT2D eigenvalue weighted by Gasteiger charge is 2.23. The first-order chi connectivity index (χ1) is 21.1. The van der Waals surface area contributed by atoms with E-state index in [0.717, 1.165) is 77.7 Å². The quantitative estimate of drug-likeness (QED) is 0.125. The molecule has 0 aliphatic carbocycles.